The third kappa shape index (κ3) is 4.10. The molecule has 0 bridgehead atoms. The molecule has 3 rings (SSSR count). The zero-order valence-corrected chi connectivity index (χ0v) is 13.8. The van der Waals surface area contributed by atoms with Crippen LogP contribution < -0.4 is 5.32 Å². The van der Waals surface area contributed by atoms with Gasteiger partial charge in [-0.3, -0.25) is 0 Å². The van der Waals surface area contributed by atoms with E-state index < -0.39 is 0 Å². The molecule has 0 unspecified atom stereocenters. The maximum atomic E-state index is 3.78. The van der Waals surface area contributed by atoms with Crippen molar-refractivity contribution in [3.8, 4) is 0 Å². The second-order valence-electron chi connectivity index (χ2n) is 7.93. The van der Waals surface area contributed by atoms with Crippen molar-refractivity contribution in [2.75, 3.05) is 6.54 Å². The van der Waals surface area contributed by atoms with Crippen molar-refractivity contribution in [3.63, 3.8) is 0 Å². The Hall–Kier alpha value is -0.820. The average molecular weight is 285 g/mol. The fourth-order valence-corrected chi connectivity index (χ4v) is 4.29. The Kier molecular flexibility index (Phi) is 4.69. The highest BCUT2D eigenvalue weighted by atomic mass is 14.9. The number of hydrogen-bond acceptors (Lipinski definition) is 1. The maximum absolute atomic E-state index is 3.78. The lowest BCUT2D eigenvalue weighted by Crippen LogP contribution is -2.33. The van der Waals surface area contributed by atoms with Gasteiger partial charge in [0.25, 0.3) is 0 Å². The molecular weight excluding hydrogens is 254 g/mol. The highest BCUT2D eigenvalue weighted by Crippen LogP contribution is 2.43. The third-order valence-electron chi connectivity index (χ3n) is 5.33. The number of hydrogen-bond donors (Lipinski definition) is 1. The van der Waals surface area contributed by atoms with Crippen LogP contribution in [0.5, 0.6) is 0 Å². The molecule has 2 aliphatic rings. The van der Waals surface area contributed by atoms with Gasteiger partial charge in [-0.25, -0.2) is 0 Å². The summed E-state index contributed by atoms with van der Waals surface area (Å²) < 4.78 is 0. The number of nitrogens with one attached hydrogen (secondary N) is 1. The molecule has 0 spiro atoms. The van der Waals surface area contributed by atoms with Gasteiger partial charge in [0.2, 0.25) is 0 Å². The summed E-state index contributed by atoms with van der Waals surface area (Å²) in [6.45, 7) is 7.00. The maximum Gasteiger partial charge on any atom is 0.0205 e. The first-order valence-corrected chi connectivity index (χ1v) is 8.96. The molecule has 2 aliphatic carbocycles. The second kappa shape index (κ2) is 6.52. The van der Waals surface area contributed by atoms with Crippen LogP contribution in [0.2, 0.25) is 0 Å². The monoisotopic (exact) mass is 285 g/mol. The van der Waals surface area contributed by atoms with Crippen LogP contribution in [0.3, 0.4) is 0 Å². The van der Waals surface area contributed by atoms with E-state index in [0.717, 1.165) is 18.4 Å². The zero-order chi connectivity index (χ0) is 14.7. The van der Waals surface area contributed by atoms with E-state index in [-0.39, 0.29) is 0 Å². The molecular formula is C20H31N. The Labute approximate surface area is 130 Å². The van der Waals surface area contributed by atoms with Gasteiger partial charge < -0.3 is 5.32 Å². The van der Waals surface area contributed by atoms with Gasteiger partial charge in [-0.05, 0) is 60.5 Å². The fraction of sp³-hybridized carbons (Fsp3) is 0.700. The topological polar surface area (TPSA) is 12.0 Å². The van der Waals surface area contributed by atoms with E-state index in [1.807, 2.05) is 0 Å². The van der Waals surface area contributed by atoms with Crippen LogP contribution in [-0.2, 0) is 6.54 Å². The van der Waals surface area contributed by atoms with Crippen LogP contribution in [0.1, 0.15) is 75.8 Å². The summed E-state index contributed by atoms with van der Waals surface area (Å²) in [4.78, 5) is 0. The summed E-state index contributed by atoms with van der Waals surface area (Å²) in [5, 5.41) is 3.78. The normalized spacial score (nSPS) is 21.1. The lowest BCUT2D eigenvalue weighted by atomic mass is 9.78. The van der Waals surface area contributed by atoms with E-state index in [0.29, 0.717) is 5.41 Å². The van der Waals surface area contributed by atoms with Crippen LogP contribution in [0.25, 0.3) is 0 Å². The Morgan fingerprint density at radius 2 is 1.95 bits per heavy atom. The van der Waals surface area contributed by atoms with Crippen molar-refractivity contribution in [2.24, 2.45) is 11.3 Å². The molecule has 0 radical (unpaired) electrons. The number of benzene rings is 1. The van der Waals surface area contributed by atoms with Crippen molar-refractivity contribution < 1.29 is 0 Å². The van der Waals surface area contributed by atoms with Crippen molar-refractivity contribution in [1.82, 2.24) is 5.32 Å². The lowest BCUT2D eigenvalue weighted by molar-refractivity contribution is 0.223. The molecule has 0 atom stereocenters. The van der Waals surface area contributed by atoms with Crippen LogP contribution in [0.15, 0.2) is 24.3 Å². The van der Waals surface area contributed by atoms with Gasteiger partial charge in [-0.1, -0.05) is 51.0 Å². The summed E-state index contributed by atoms with van der Waals surface area (Å²) >= 11 is 0. The zero-order valence-electron chi connectivity index (χ0n) is 13.8. The van der Waals surface area contributed by atoms with Gasteiger partial charge in [0.1, 0.15) is 0 Å². The standard InChI is InChI=1S/C20H31N/c1-16(2)13-20(10-3-4-11-20)15-21-14-17-6-5-7-19(12-17)18-8-9-18/h5-7,12,16,18,21H,3-4,8-11,13-15H2,1-2H3. The van der Waals surface area contributed by atoms with Crippen molar-refractivity contribution in [2.45, 2.75) is 71.3 Å². The Bertz CT molecular complexity index is 453. The molecule has 1 aromatic carbocycles. The number of rotatable bonds is 7. The first-order valence-electron chi connectivity index (χ1n) is 8.96. The lowest BCUT2D eigenvalue weighted by Gasteiger charge is -2.31. The first-order chi connectivity index (χ1) is 10.2. The molecule has 0 aromatic heterocycles. The molecule has 1 nitrogen and oxygen atoms in total. The molecule has 116 valence electrons. The van der Waals surface area contributed by atoms with E-state index in [4.69, 9.17) is 0 Å². The smallest absolute Gasteiger partial charge is 0.0205 e. The van der Waals surface area contributed by atoms with Crippen molar-refractivity contribution >= 4 is 0 Å². The van der Waals surface area contributed by atoms with E-state index in [1.165, 1.54) is 57.1 Å². The highest BCUT2D eigenvalue weighted by molar-refractivity contribution is 5.29. The van der Waals surface area contributed by atoms with Crippen LogP contribution in [0, 0.1) is 11.3 Å². The van der Waals surface area contributed by atoms with Crippen molar-refractivity contribution in [3.05, 3.63) is 35.4 Å². The van der Waals surface area contributed by atoms with Crippen LogP contribution >= 0.6 is 0 Å². The van der Waals surface area contributed by atoms with Crippen LogP contribution in [-0.4, -0.2) is 6.54 Å². The summed E-state index contributed by atoms with van der Waals surface area (Å²) in [5.41, 5.74) is 3.62. The SMILES string of the molecule is CC(C)CC1(CNCc2cccc(C3CC3)c2)CCCC1. The van der Waals surface area contributed by atoms with Gasteiger partial charge in [-0.15, -0.1) is 0 Å². The van der Waals surface area contributed by atoms with Crippen molar-refractivity contribution in [1.29, 1.82) is 0 Å². The molecule has 0 amide bonds. The molecule has 1 aromatic rings. The molecule has 2 fully saturated rings. The molecule has 0 aliphatic heterocycles. The predicted molar refractivity (Wildman–Crippen MR) is 90.5 cm³/mol. The third-order valence-corrected chi connectivity index (χ3v) is 5.33. The minimum atomic E-state index is 0.586. The summed E-state index contributed by atoms with van der Waals surface area (Å²) in [7, 11) is 0. The van der Waals surface area contributed by atoms with E-state index in [2.05, 4.69) is 43.4 Å². The molecule has 0 saturated heterocycles. The van der Waals surface area contributed by atoms with Gasteiger partial charge in [-0.2, -0.15) is 0 Å². The van der Waals surface area contributed by atoms with Crippen LogP contribution in [0.4, 0.5) is 0 Å². The Morgan fingerprint density at radius 1 is 1.19 bits per heavy atom. The van der Waals surface area contributed by atoms with E-state index >= 15 is 0 Å². The minimum absolute atomic E-state index is 0.586. The summed E-state index contributed by atoms with van der Waals surface area (Å²) in [6, 6.07) is 9.25. The van der Waals surface area contributed by atoms with Gasteiger partial charge in [0, 0.05) is 13.1 Å². The summed E-state index contributed by atoms with van der Waals surface area (Å²) in [5.74, 6) is 1.69. The quantitative estimate of drug-likeness (QED) is 0.720. The molecule has 1 heteroatoms. The van der Waals surface area contributed by atoms with E-state index in [9.17, 15) is 0 Å². The van der Waals surface area contributed by atoms with Gasteiger partial charge in [0.05, 0.1) is 0 Å². The fourth-order valence-electron chi connectivity index (χ4n) is 4.29. The molecule has 21 heavy (non-hydrogen) atoms. The van der Waals surface area contributed by atoms with Gasteiger partial charge in [0.15, 0.2) is 0 Å². The predicted octanol–water partition coefficient (Wildman–Crippen LogP) is 5.26. The molecule has 0 heterocycles. The Morgan fingerprint density at radius 3 is 2.62 bits per heavy atom. The second-order valence-corrected chi connectivity index (χ2v) is 7.93. The largest absolute Gasteiger partial charge is 0.312 e. The highest BCUT2D eigenvalue weighted by Gasteiger charge is 2.33. The average Bonchev–Trinajstić information content (AvgIpc) is 3.21. The first kappa shape index (κ1) is 15.1. The molecule has 2 saturated carbocycles. The minimum Gasteiger partial charge on any atom is -0.312 e. The Balaban J connectivity index is 1.53. The van der Waals surface area contributed by atoms with E-state index in [1.54, 1.807) is 5.56 Å². The molecule has 1 N–H and O–H groups in total. The van der Waals surface area contributed by atoms with Gasteiger partial charge >= 0.3 is 0 Å². The summed E-state index contributed by atoms with van der Waals surface area (Å²) in [6.07, 6.45) is 9.92.